The van der Waals surface area contributed by atoms with Gasteiger partial charge in [0.05, 0.1) is 5.75 Å². The number of esters is 1. The molecule has 0 radical (unpaired) electrons. The van der Waals surface area contributed by atoms with Gasteiger partial charge in [0.25, 0.3) is 0 Å². The Kier molecular flexibility index (Phi) is 4.03. The number of rotatable bonds is 5. The number of carbonyl (C=O) groups is 1. The van der Waals surface area contributed by atoms with Gasteiger partial charge in [-0.15, -0.1) is 10.2 Å². The summed E-state index contributed by atoms with van der Waals surface area (Å²) in [5.74, 6) is 3.38. The van der Waals surface area contributed by atoms with E-state index in [0.717, 1.165) is 17.8 Å². The van der Waals surface area contributed by atoms with Crippen LogP contribution in [0.3, 0.4) is 0 Å². The molecule has 0 spiro atoms. The molecule has 0 aliphatic heterocycles. The van der Waals surface area contributed by atoms with E-state index < -0.39 is 0 Å². The van der Waals surface area contributed by atoms with Crippen LogP contribution < -0.4 is 4.74 Å². The summed E-state index contributed by atoms with van der Waals surface area (Å²) in [5, 5.41) is 8.16. The van der Waals surface area contributed by atoms with Gasteiger partial charge < -0.3 is 9.72 Å². The zero-order valence-electron chi connectivity index (χ0n) is 14.7. The second-order valence-electron chi connectivity index (χ2n) is 8.28. The molecule has 26 heavy (non-hydrogen) atoms. The van der Waals surface area contributed by atoms with Crippen LogP contribution in [0.15, 0.2) is 35.7 Å². The molecule has 4 fully saturated rings. The van der Waals surface area contributed by atoms with Gasteiger partial charge in [-0.2, -0.15) is 0 Å². The van der Waals surface area contributed by atoms with Crippen LogP contribution in [0.2, 0.25) is 0 Å². The van der Waals surface area contributed by atoms with Gasteiger partial charge in [-0.3, -0.25) is 4.79 Å². The van der Waals surface area contributed by atoms with Crippen LogP contribution in [-0.4, -0.2) is 26.9 Å². The van der Waals surface area contributed by atoms with Gasteiger partial charge in [0.2, 0.25) is 0 Å². The molecule has 1 N–H and O–H groups in total. The summed E-state index contributed by atoms with van der Waals surface area (Å²) in [6.45, 7) is 0. The summed E-state index contributed by atoms with van der Waals surface area (Å²) in [6.07, 6.45) is 9.92. The number of hydrogen-bond acceptors (Lipinski definition) is 5. The molecule has 0 atom stereocenters. The van der Waals surface area contributed by atoms with Crippen molar-refractivity contribution in [2.45, 2.75) is 49.1 Å². The summed E-state index contributed by atoms with van der Waals surface area (Å²) in [4.78, 5) is 14.9. The number of aromatic amines is 1. The number of nitrogens with zero attached hydrogens (tertiary/aromatic N) is 2. The number of aromatic nitrogens is 3. The highest BCUT2D eigenvalue weighted by Crippen LogP contribution is 2.60. The zero-order valence-corrected chi connectivity index (χ0v) is 15.5. The molecule has 4 bridgehead atoms. The molecule has 2 aromatic rings. The number of nitrogens with one attached hydrogen (secondary N) is 1. The molecule has 0 saturated heterocycles. The van der Waals surface area contributed by atoms with Gasteiger partial charge in [0.15, 0.2) is 5.16 Å². The zero-order chi connectivity index (χ0) is 17.6. The molecule has 6 heteroatoms. The Morgan fingerprint density at radius 1 is 1.12 bits per heavy atom. The van der Waals surface area contributed by atoms with Crippen molar-refractivity contribution in [3.8, 4) is 5.75 Å². The standard InChI is InChI=1S/C20H23N3O2S/c24-18(11-26-19-21-12-22-23-19)25-17-3-1-16(2-4-17)20-8-13-5-14(9-20)7-15(6-13)10-20/h1-4,12-15H,5-11H2,(H,21,22,23). The molecule has 6 rings (SSSR count). The van der Waals surface area contributed by atoms with Crippen LogP contribution in [0.5, 0.6) is 5.75 Å². The predicted octanol–water partition coefficient (Wildman–Crippen LogP) is 3.97. The third-order valence-corrected chi connectivity index (χ3v) is 7.31. The Morgan fingerprint density at radius 3 is 2.35 bits per heavy atom. The third kappa shape index (κ3) is 3.04. The smallest absolute Gasteiger partial charge is 0.321 e. The Morgan fingerprint density at radius 2 is 1.77 bits per heavy atom. The van der Waals surface area contributed by atoms with Crippen molar-refractivity contribution in [1.82, 2.24) is 15.2 Å². The quantitative estimate of drug-likeness (QED) is 0.491. The molecule has 136 valence electrons. The molecule has 4 saturated carbocycles. The lowest BCUT2D eigenvalue weighted by molar-refractivity contribution is -0.131. The lowest BCUT2D eigenvalue weighted by atomic mass is 9.48. The van der Waals surface area contributed by atoms with E-state index in [1.54, 1.807) is 0 Å². The molecule has 0 unspecified atom stereocenters. The molecule has 4 aliphatic rings. The highest BCUT2D eigenvalue weighted by atomic mass is 32.2. The fourth-order valence-corrected chi connectivity index (χ4v) is 6.45. The van der Waals surface area contributed by atoms with Crippen molar-refractivity contribution in [3.05, 3.63) is 36.2 Å². The molecule has 1 aromatic heterocycles. The first-order chi connectivity index (χ1) is 12.7. The first kappa shape index (κ1) is 16.4. The Balaban J connectivity index is 1.24. The number of carbonyl (C=O) groups excluding carboxylic acids is 1. The minimum absolute atomic E-state index is 0.214. The maximum absolute atomic E-state index is 12.0. The van der Waals surface area contributed by atoms with Gasteiger partial charge in [0.1, 0.15) is 12.1 Å². The maximum Gasteiger partial charge on any atom is 0.321 e. The van der Waals surface area contributed by atoms with Crippen molar-refractivity contribution in [2.24, 2.45) is 17.8 Å². The molecule has 1 aromatic carbocycles. The van der Waals surface area contributed by atoms with E-state index in [0.29, 0.717) is 16.3 Å². The van der Waals surface area contributed by atoms with Crippen LogP contribution >= 0.6 is 11.8 Å². The Hall–Kier alpha value is -1.82. The highest BCUT2D eigenvalue weighted by Gasteiger charge is 2.51. The van der Waals surface area contributed by atoms with E-state index in [1.165, 1.54) is 62.2 Å². The highest BCUT2D eigenvalue weighted by molar-refractivity contribution is 7.99. The van der Waals surface area contributed by atoms with Crippen LogP contribution in [0, 0.1) is 17.8 Å². The predicted molar refractivity (Wildman–Crippen MR) is 99.0 cm³/mol. The topological polar surface area (TPSA) is 67.9 Å². The molecule has 1 heterocycles. The van der Waals surface area contributed by atoms with Gasteiger partial charge in [-0.05, 0) is 79.4 Å². The SMILES string of the molecule is O=C(CSc1nnc[nH]1)Oc1ccc(C23CC4CC(CC(C4)C2)C3)cc1. The Labute approximate surface area is 157 Å². The minimum Gasteiger partial charge on any atom is -0.426 e. The minimum atomic E-state index is -0.269. The van der Waals surface area contributed by atoms with Crippen molar-refractivity contribution < 1.29 is 9.53 Å². The maximum atomic E-state index is 12.0. The van der Waals surface area contributed by atoms with Gasteiger partial charge in [0, 0.05) is 0 Å². The average Bonchev–Trinajstić information content (AvgIpc) is 3.13. The van der Waals surface area contributed by atoms with E-state index in [9.17, 15) is 4.79 Å². The second kappa shape index (κ2) is 6.41. The van der Waals surface area contributed by atoms with E-state index in [4.69, 9.17) is 4.74 Å². The second-order valence-corrected chi connectivity index (χ2v) is 9.24. The third-order valence-electron chi connectivity index (χ3n) is 6.46. The molecular formula is C20H23N3O2S. The molecule has 0 amide bonds. The monoisotopic (exact) mass is 369 g/mol. The van der Waals surface area contributed by atoms with Gasteiger partial charge in [-0.25, -0.2) is 0 Å². The molecular weight excluding hydrogens is 346 g/mol. The number of benzene rings is 1. The largest absolute Gasteiger partial charge is 0.426 e. The lowest BCUT2D eigenvalue weighted by Crippen LogP contribution is -2.48. The average molecular weight is 369 g/mol. The Bertz CT molecular complexity index is 753. The summed E-state index contributed by atoms with van der Waals surface area (Å²) >= 11 is 1.29. The first-order valence-electron chi connectivity index (χ1n) is 9.49. The van der Waals surface area contributed by atoms with E-state index in [1.807, 2.05) is 12.1 Å². The van der Waals surface area contributed by atoms with Gasteiger partial charge >= 0.3 is 5.97 Å². The summed E-state index contributed by atoms with van der Waals surface area (Å²) in [7, 11) is 0. The molecule has 5 nitrogen and oxygen atoms in total. The number of hydrogen-bond donors (Lipinski definition) is 1. The number of thioether (sulfide) groups is 1. The van der Waals surface area contributed by atoms with Crippen LogP contribution in [0.1, 0.15) is 44.1 Å². The van der Waals surface area contributed by atoms with E-state index >= 15 is 0 Å². The van der Waals surface area contributed by atoms with E-state index in [-0.39, 0.29) is 11.7 Å². The van der Waals surface area contributed by atoms with Crippen LogP contribution in [0.4, 0.5) is 0 Å². The fourth-order valence-electron chi connectivity index (χ4n) is 5.89. The first-order valence-corrected chi connectivity index (χ1v) is 10.5. The number of ether oxygens (including phenoxy) is 1. The van der Waals surface area contributed by atoms with Crippen molar-refractivity contribution in [3.63, 3.8) is 0 Å². The molecule has 4 aliphatic carbocycles. The van der Waals surface area contributed by atoms with Crippen molar-refractivity contribution in [1.29, 1.82) is 0 Å². The fraction of sp³-hybridized carbons (Fsp3) is 0.550. The normalized spacial score (nSPS) is 31.9. The van der Waals surface area contributed by atoms with Gasteiger partial charge in [-0.1, -0.05) is 23.9 Å². The summed E-state index contributed by atoms with van der Waals surface area (Å²) in [6, 6.07) is 8.31. The van der Waals surface area contributed by atoms with Crippen molar-refractivity contribution in [2.75, 3.05) is 5.75 Å². The number of H-pyrrole nitrogens is 1. The summed E-state index contributed by atoms with van der Waals surface area (Å²) < 4.78 is 5.46. The van der Waals surface area contributed by atoms with Crippen LogP contribution in [0.25, 0.3) is 0 Å². The summed E-state index contributed by atoms with van der Waals surface area (Å²) in [5.41, 5.74) is 1.84. The lowest BCUT2D eigenvalue weighted by Gasteiger charge is -2.57. The van der Waals surface area contributed by atoms with Crippen LogP contribution in [-0.2, 0) is 10.2 Å². The van der Waals surface area contributed by atoms with E-state index in [2.05, 4.69) is 27.3 Å². The van der Waals surface area contributed by atoms with Crippen molar-refractivity contribution >= 4 is 17.7 Å².